The molecule has 1 heterocycles. The molecule has 0 aromatic heterocycles. The molecular weight excluding hydrogens is 269 g/mol. The lowest BCUT2D eigenvalue weighted by Gasteiger charge is -2.40. The number of hydrogen-bond donors (Lipinski definition) is 1. The van der Waals surface area contributed by atoms with Crippen molar-refractivity contribution in [1.82, 2.24) is 4.90 Å². The van der Waals surface area contributed by atoms with E-state index in [1.807, 2.05) is 6.92 Å². The fourth-order valence-electron chi connectivity index (χ4n) is 3.00. The quantitative estimate of drug-likeness (QED) is 0.906. The highest BCUT2D eigenvalue weighted by Crippen LogP contribution is 2.26. The number of aliphatic hydroxyl groups is 1. The third kappa shape index (κ3) is 4.02. The van der Waals surface area contributed by atoms with Gasteiger partial charge in [-0.25, -0.2) is 4.39 Å². The van der Waals surface area contributed by atoms with E-state index in [1.54, 1.807) is 18.2 Å². The van der Waals surface area contributed by atoms with Gasteiger partial charge in [0.25, 0.3) is 0 Å². The van der Waals surface area contributed by atoms with Crippen molar-refractivity contribution in [3.05, 3.63) is 35.6 Å². The predicted molar refractivity (Wildman–Crippen MR) is 81.6 cm³/mol. The maximum Gasteiger partial charge on any atom is 0.129 e. The molecule has 1 saturated heterocycles. The Kier molecular flexibility index (Phi) is 5.73. The van der Waals surface area contributed by atoms with Crippen molar-refractivity contribution >= 4 is 0 Å². The van der Waals surface area contributed by atoms with Crippen LogP contribution in [0.4, 0.5) is 4.39 Å². The molecule has 0 aliphatic carbocycles. The van der Waals surface area contributed by atoms with E-state index in [1.165, 1.54) is 6.07 Å². The van der Waals surface area contributed by atoms with Crippen LogP contribution < -0.4 is 0 Å². The van der Waals surface area contributed by atoms with E-state index in [-0.39, 0.29) is 17.8 Å². The molecule has 4 heteroatoms. The largest absolute Gasteiger partial charge is 0.388 e. The van der Waals surface area contributed by atoms with E-state index in [9.17, 15) is 9.50 Å². The Hall–Kier alpha value is -0.970. The molecule has 1 aliphatic rings. The second kappa shape index (κ2) is 7.34. The minimum Gasteiger partial charge on any atom is -0.388 e. The Balaban J connectivity index is 2.02. The second-order valence-electron chi connectivity index (χ2n) is 6.10. The number of nitrogens with zero attached hydrogens (tertiary/aromatic N) is 1. The summed E-state index contributed by atoms with van der Waals surface area (Å²) in [5.74, 6) is -0.361. The van der Waals surface area contributed by atoms with Crippen LogP contribution in [0.2, 0.25) is 0 Å². The van der Waals surface area contributed by atoms with Crippen LogP contribution in [0.3, 0.4) is 0 Å². The molecule has 4 atom stereocenters. The first-order chi connectivity index (χ1) is 10.0. The molecule has 1 aliphatic heterocycles. The SMILES string of the molecule is CCC1COC(C)CN1CC(C)C(O)c1ccccc1F. The zero-order chi connectivity index (χ0) is 15.4. The highest BCUT2D eigenvalue weighted by Gasteiger charge is 2.29. The third-order valence-corrected chi connectivity index (χ3v) is 4.34. The van der Waals surface area contributed by atoms with Gasteiger partial charge in [0, 0.05) is 24.7 Å². The maximum atomic E-state index is 13.8. The molecule has 0 saturated carbocycles. The predicted octanol–water partition coefficient (Wildman–Crippen LogP) is 2.99. The molecule has 1 aromatic carbocycles. The Morgan fingerprint density at radius 2 is 2.14 bits per heavy atom. The van der Waals surface area contributed by atoms with Crippen LogP contribution in [0.5, 0.6) is 0 Å². The molecule has 4 unspecified atom stereocenters. The summed E-state index contributed by atoms with van der Waals surface area (Å²) in [5.41, 5.74) is 0.388. The lowest BCUT2D eigenvalue weighted by molar-refractivity contribution is -0.0664. The van der Waals surface area contributed by atoms with Gasteiger partial charge in [-0.3, -0.25) is 4.90 Å². The molecule has 1 N–H and O–H groups in total. The number of rotatable bonds is 5. The van der Waals surface area contributed by atoms with Gasteiger partial charge >= 0.3 is 0 Å². The summed E-state index contributed by atoms with van der Waals surface area (Å²) in [6.45, 7) is 8.55. The zero-order valence-corrected chi connectivity index (χ0v) is 13.1. The molecule has 3 nitrogen and oxygen atoms in total. The number of hydrogen-bond acceptors (Lipinski definition) is 3. The molecule has 1 aromatic rings. The molecule has 0 bridgehead atoms. The zero-order valence-electron chi connectivity index (χ0n) is 13.1. The Bertz CT molecular complexity index is 454. The molecule has 2 rings (SSSR count). The summed E-state index contributed by atoms with van der Waals surface area (Å²) in [6.07, 6.45) is 0.461. The molecule has 0 spiro atoms. The molecule has 0 radical (unpaired) electrons. The van der Waals surface area contributed by atoms with Gasteiger partial charge in [-0.15, -0.1) is 0 Å². The number of ether oxygens (including phenoxy) is 1. The Morgan fingerprint density at radius 1 is 1.43 bits per heavy atom. The fraction of sp³-hybridized carbons (Fsp3) is 0.647. The van der Waals surface area contributed by atoms with Gasteiger partial charge in [-0.1, -0.05) is 32.0 Å². The van der Waals surface area contributed by atoms with Crippen molar-refractivity contribution in [1.29, 1.82) is 0 Å². The van der Waals surface area contributed by atoms with Gasteiger partial charge in [0.1, 0.15) is 5.82 Å². The molecule has 118 valence electrons. The second-order valence-corrected chi connectivity index (χ2v) is 6.10. The first-order valence-corrected chi connectivity index (χ1v) is 7.81. The average Bonchev–Trinajstić information content (AvgIpc) is 2.47. The van der Waals surface area contributed by atoms with E-state index in [4.69, 9.17) is 4.74 Å². The van der Waals surface area contributed by atoms with E-state index < -0.39 is 6.10 Å². The summed E-state index contributed by atoms with van der Waals surface area (Å²) in [6, 6.07) is 6.86. The van der Waals surface area contributed by atoms with Crippen LogP contribution in [0.15, 0.2) is 24.3 Å². The van der Waals surface area contributed by atoms with Gasteiger partial charge in [0.05, 0.1) is 18.8 Å². The van der Waals surface area contributed by atoms with Crippen molar-refractivity contribution in [3.63, 3.8) is 0 Å². The molecule has 0 amide bonds. The van der Waals surface area contributed by atoms with Crippen LogP contribution in [-0.2, 0) is 4.74 Å². The summed E-state index contributed by atoms with van der Waals surface area (Å²) in [5, 5.41) is 10.4. The van der Waals surface area contributed by atoms with Crippen LogP contribution in [0.1, 0.15) is 38.9 Å². The van der Waals surface area contributed by atoms with Crippen molar-refractivity contribution in [2.75, 3.05) is 19.7 Å². The van der Waals surface area contributed by atoms with E-state index in [2.05, 4.69) is 18.7 Å². The standard InChI is InChI=1S/C17H26FNO2/c1-4-14-11-21-13(3)10-19(14)9-12(2)17(20)15-7-5-6-8-16(15)18/h5-8,12-14,17,20H,4,9-11H2,1-3H3. The van der Waals surface area contributed by atoms with Crippen LogP contribution >= 0.6 is 0 Å². The lowest BCUT2D eigenvalue weighted by atomic mass is 9.95. The summed E-state index contributed by atoms with van der Waals surface area (Å²) < 4.78 is 19.5. The van der Waals surface area contributed by atoms with Gasteiger partial charge in [0.2, 0.25) is 0 Å². The van der Waals surface area contributed by atoms with Crippen LogP contribution in [-0.4, -0.2) is 41.8 Å². The maximum absolute atomic E-state index is 13.8. The average molecular weight is 295 g/mol. The highest BCUT2D eigenvalue weighted by molar-refractivity contribution is 5.20. The fourth-order valence-corrected chi connectivity index (χ4v) is 3.00. The van der Waals surface area contributed by atoms with Crippen molar-refractivity contribution in [3.8, 4) is 0 Å². The van der Waals surface area contributed by atoms with E-state index in [0.29, 0.717) is 11.6 Å². The minimum atomic E-state index is -0.776. The van der Waals surface area contributed by atoms with Crippen molar-refractivity contribution < 1.29 is 14.2 Å². The number of benzene rings is 1. The summed E-state index contributed by atoms with van der Waals surface area (Å²) in [4.78, 5) is 2.36. The number of halogens is 1. The van der Waals surface area contributed by atoms with Crippen LogP contribution in [0.25, 0.3) is 0 Å². The first-order valence-electron chi connectivity index (χ1n) is 7.81. The summed E-state index contributed by atoms with van der Waals surface area (Å²) in [7, 11) is 0. The number of morpholine rings is 1. The van der Waals surface area contributed by atoms with Crippen molar-refractivity contribution in [2.45, 2.75) is 45.4 Å². The molecule has 1 fully saturated rings. The lowest BCUT2D eigenvalue weighted by Crippen LogP contribution is -2.50. The van der Waals surface area contributed by atoms with Crippen LogP contribution in [0, 0.1) is 11.7 Å². The van der Waals surface area contributed by atoms with Gasteiger partial charge < -0.3 is 9.84 Å². The van der Waals surface area contributed by atoms with E-state index >= 15 is 0 Å². The summed E-state index contributed by atoms with van der Waals surface area (Å²) >= 11 is 0. The van der Waals surface area contributed by atoms with Gasteiger partial charge in [0.15, 0.2) is 0 Å². The smallest absolute Gasteiger partial charge is 0.129 e. The Morgan fingerprint density at radius 3 is 2.81 bits per heavy atom. The first kappa shape index (κ1) is 16.4. The van der Waals surface area contributed by atoms with E-state index in [0.717, 1.165) is 26.1 Å². The monoisotopic (exact) mass is 295 g/mol. The normalized spacial score (nSPS) is 26.5. The van der Waals surface area contributed by atoms with Crippen molar-refractivity contribution in [2.24, 2.45) is 5.92 Å². The Labute approximate surface area is 126 Å². The number of aliphatic hydroxyl groups excluding tert-OH is 1. The molecular formula is C17H26FNO2. The molecule has 21 heavy (non-hydrogen) atoms. The topological polar surface area (TPSA) is 32.7 Å². The van der Waals surface area contributed by atoms with Gasteiger partial charge in [-0.2, -0.15) is 0 Å². The van der Waals surface area contributed by atoms with Gasteiger partial charge in [-0.05, 0) is 25.3 Å². The highest BCUT2D eigenvalue weighted by atomic mass is 19.1. The third-order valence-electron chi connectivity index (χ3n) is 4.34. The minimum absolute atomic E-state index is 0.0266.